The van der Waals surface area contributed by atoms with Gasteiger partial charge in [0.05, 0.1) is 24.9 Å². The molecule has 132 valence electrons. The number of rotatable bonds is 5. The fraction of sp³-hybridized carbons (Fsp3) is 0.611. The van der Waals surface area contributed by atoms with Gasteiger partial charge < -0.3 is 14.6 Å². The Bertz CT molecular complexity index is 546. The first-order valence-corrected chi connectivity index (χ1v) is 8.67. The summed E-state index contributed by atoms with van der Waals surface area (Å²) in [5.74, 6) is -0.874. The maximum atomic E-state index is 11.1. The number of nitrogens with zero attached hydrogens (tertiary/aromatic N) is 2. The summed E-state index contributed by atoms with van der Waals surface area (Å²) in [6.07, 6.45) is 1.21. The summed E-state index contributed by atoms with van der Waals surface area (Å²) in [7, 11) is 0. The zero-order valence-electron chi connectivity index (χ0n) is 14.0. The molecule has 2 aliphatic heterocycles. The maximum absolute atomic E-state index is 11.1. The van der Waals surface area contributed by atoms with Gasteiger partial charge in [-0.05, 0) is 24.1 Å². The molecule has 0 saturated carbocycles. The Morgan fingerprint density at radius 1 is 1.17 bits per heavy atom. The Morgan fingerprint density at radius 3 is 2.79 bits per heavy atom. The first-order valence-electron chi connectivity index (χ1n) is 8.67. The number of carboxylic acids is 1. The van der Waals surface area contributed by atoms with Crippen LogP contribution in [0.1, 0.15) is 22.3 Å². The zero-order chi connectivity index (χ0) is 16.8. The molecule has 1 aromatic carbocycles. The largest absolute Gasteiger partial charge is 0.478 e. The van der Waals surface area contributed by atoms with Gasteiger partial charge in [0.1, 0.15) is 0 Å². The van der Waals surface area contributed by atoms with Crippen molar-refractivity contribution in [1.29, 1.82) is 0 Å². The van der Waals surface area contributed by atoms with E-state index in [9.17, 15) is 4.79 Å². The average Bonchev–Trinajstić information content (AvgIpc) is 2.81. The van der Waals surface area contributed by atoms with Crippen molar-refractivity contribution in [3.05, 3.63) is 35.4 Å². The molecule has 1 N–H and O–H groups in total. The Balaban J connectivity index is 1.58. The molecular weight excluding hydrogens is 308 g/mol. The standard InChI is InChI=1S/C18H26N2O4/c21-18(22)16-4-1-3-15(11-16)12-20-5-2-8-24-17(14-20)13-19-6-9-23-10-7-19/h1,3-4,11,17H,2,5-10,12-14H2,(H,21,22)/t17-/m0/s1. The predicted octanol–water partition coefficient (Wildman–Crippen LogP) is 1.31. The van der Waals surface area contributed by atoms with E-state index in [0.717, 1.165) is 71.1 Å². The summed E-state index contributed by atoms with van der Waals surface area (Å²) in [5.41, 5.74) is 1.39. The molecule has 1 aromatic rings. The lowest BCUT2D eigenvalue weighted by Gasteiger charge is -2.31. The van der Waals surface area contributed by atoms with Crippen LogP contribution in [0.25, 0.3) is 0 Å². The minimum atomic E-state index is -0.874. The van der Waals surface area contributed by atoms with Gasteiger partial charge in [0.15, 0.2) is 0 Å². The molecule has 0 aromatic heterocycles. The van der Waals surface area contributed by atoms with Crippen LogP contribution in [0, 0.1) is 0 Å². The molecule has 2 saturated heterocycles. The number of hydrogen-bond donors (Lipinski definition) is 1. The van der Waals surface area contributed by atoms with Crippen LogP contribution in [0.15, 0.2) is 24.3 Å². The second-order valence-corrected chi connectivity index (χ2v) is 6.50. The van der Waals surface area contributed by atoms with E-state index in [-0.39, 0.29) is 6.10 Å². The first kappa shape index (κ1) is 17.4. The number of aromatic carboxylic acids is 1. The van der Waals surface area contributed by atoms with Crippen LogP contribution >= 0.6 is 0 Å². The highest BCUT2D eigenvalue weighted by atomic mass is 16.5. The molecule has 2 fully saturated rings. The number of carboxylic acid groups (broad SMARTS) is 1. The van der Waals surface area contributed by atoms with Crippen LogP contribution in [0.3, 0.4) is 0 Å². The van der Waals surface area contributed by atoms with E-state index < -0.39 is 5.97 Å². The molecule has 0 aliphatic carbocycles. The molecule has 24 heavy (non-hydrogen) atoms. The fourth-order valence-electron chi connectivity index (χ4n) is 3.36. The second kappa shape index (κ2) is 8.58. The fourth-order valence-corrected chi connectivity index (χ4v) is 3.36. The molecule has 0 bridgehead atoms. The van der Waals surface area contributed by atoms with E-state index in [4.69, 9.17) is 14.6 Å². The van der Waals surface area contributed by atoms with Crippen molar-refractivity contribution >= 4 is 5.97 Å². The highest BCUT2D eigenvalue weighted by molar-refractivity contribution is 5.87. The molecule has 0 unspecified atom stereocenters. The number of hydrogen-bond acceptors (Lipinski definition) is 5. The molecule has 6 heteroatoms. The van der Waals surface area contributed by atoms with E-state index in [2.05, 4.69) is 9.80 Å². The van der Waals surface area contributed by atoms with Gasteiger partial charge in [0, 0.05) is 45.9 Å². The second-order valence-electron chi connectivity index (χ2n) is 6.50. The Hall–Kier alpha value is -1.47. The number of carbonyl (C=O) groups is 1. The summed E-state index contributed by atoms with van der Waals surface area (Å²) in [6.45, 7) is 7.92. The molecule has 0 spiro atoms. The van der Waals surface area contributed by atoms with Crippen molar-refractivity contribution in [2.45, 2.75) is 19.1 Å². The van der Waals surface area contributed by atoms with Crippen molar-refractivity contribution in [2.24, 2.45) is 0 Å². The lowest BCUT2D eigenvalue weighted by atomic mass is 10.1. The lowest BCUT2D eigenvalue weighted by molar-refractivity contribution is -0.0123. The highest BCUT2D eigenvalue weighted by Gasteiger charge is 2.22. The van der Waals surface area contributed by atoms with Crippen LogP contribution in [0.5, 0.6) is 0 Å². The van der Waals surface area contributed by atoms with E-state index in [1.165, 1.54) is 0 Å². The SMILES string of the molecule is O=C(O)c1cccc(CN2CCCO[C@@H](CN3CCOCC3)C2)c1. The minimum Gasteiger partial charge on any atom is -0.478 e. The zero-order valence-corrected chi connectivity index (χ0v) is 14.0. The summed E-state index contributed by atoms with van der Waals surface area (Å²) in [6, 6.07) is 7.22. The van der Waals surface area contributed by atoms with Gasteiger partial charge in [-0.25, -0.2) is 4.79 Å². The third-order valence-electron chi connectivity index (χ3n) is 4.58. The van der Waals surface area contributed by atoms with E-state index in [1.54, 1.807) is 12.1 Å². The third-order valence-corrected chi connectivity index (χ3v) is 4.58. The van der Waals surface area contributed by atoms with Crippen molar-refractivity contribution < 1.29 is 19.4 Å². The van der Waals surface area contributed by atoms with Crippen molar-refractivity contribution in [2.75, 3.05) is 52.5 Å². The molecule has 2 aliphatic rings. The van der Waals surface area contributed by atoms with Crippen LogP contribution < -0.4 is 0 Å². The monoisotopic (exact) mass is 334 g/mol. The van der Waals surface area contributed by atoms with Gasteiger partial charge in [-0.1, -0.05) is 12.1 Å². The first-order chi connectivity index (χ1) is 11.7. The Labute approximate surface area is 143 Å². The van der Waals surface area contributed by atoms with Gasteiger partial charge in [-0.2, -0.15) is 0 Å². The highest BCUT2D eigenvalue weighted by Crippen LogP contribution is 2.14. The molecular formula is C18H26N2O4. The molecule has 6 nitrogen and oxygen atoms in total. The van der Waals surface area contributed by atoms with Crippen molar-refractivity contribution in [3.8, 4) is 0 Å². The number of benzene rings is 1. The van der Waals surface area contributed by atoms with E-state index in [1.807, 2.05) is 12.1 Å². The summed E-state index contributed by atoms with van der Waals surface area (Å²) >= 11 is 0. The normalized spacial score (nSPS) is 23.8. The van der Waals surface area contributed by atoms with Gasteiger partial charge in [-0.15, -0.1) is 0 Å². The minimum absolute atomic E-state index is 0.202. The van der Waals surface area contributed by atoms with E-state index >= 15 is 0 Å². The van der Waals surface area contributed by atoms with Gasteiger partial charge in [0.2, 0.25) is 0 Å². The quantitative estimate of drug-likeness (QED) is 0.876. The number of morpholine rings is 1. The summed E-state index contributed by atoms with van der Waals surface area (Å²) in [5, 5.41) is 9.14. The molecule has 0 amide bonds. The summed E-state index contributed by atoms with van der Waals surface area (Å²) < 4.78 is 11.4. The van der Waals surface area contributed by atoms with Crippen LogP contribution in [0.2, 0.25) is 0 Å². The molecule has 2 heterocycles. The van der Waals surface area contributed by atoms with Crippen LogP contribution in [-0.2, 0) is 16.0 Å². The average molecular weight is 334 g/mol. The van der Waals surface area contributed by atoms with Crippen molar-refractivity contribution in [1.82, 2.24) is 9.80 Å². The molecule has 3 rings (SSSR count). The maximum Gasteiger partial charge on any atom is 0.335 e. The molecule has 0 radical (unpaired) electrons. The lowest BCUT2D eigenvalue weighted by Crippen LogP contribution is -2.44. The Kier molecular flexibility index (Phi) is 6.20. The van der Waals surface area contributed by atoms with E-state index in [0.29, 0.717) is 5.56 Å². The van der Waals surface area contributed by atoms with Gasteiger partial charge in [-0.3, -0.25) is 9.80 Å². The van der Waals surface area contributed by atoms with Crippen LogP contribution in [-0.4, -0.2) is 79.5 Å². The topological polar surface area (TPSA) is 62.2 Å². The van der Waals surface area contributed by atoms with Gasteiger partial charge in [0.25, 0.3) is 0 Å². The summed E-state index contributed by atoms with van der Waals surface area (Å²) in [4.78, 5) is 15.9. The predicted molar refractivity (Wildman–Crippen MR) is 90.3 cm³/mol. The third kappa shape index (κ3) is 5.01. The Morgan fingerprint density at radius 2 is 2.00 bits per heavy atom. The van der Waals surface area contributed by atoms with Gasteiger partial charge >= 0.3 is 5.97 Å². The molecule has 1 atom stereocenters. The number of ether oxygens (including phenoxy) is 2. The smallest absolute Gasteiger partial charge is 0.335 e. The van der Waals surface area contributed by atoms with Crippen LogP contribution in [0.4, 0.5) is 0 Å². The van der Waals surface area contributed by atoms with Crippen molar-refractivity contribution in [3.63, 3.8) is 0 Å².